The van der Waals surface area contributed by atoms with E-state index in [9.17, 15) is 9.59 Å². The molecule has 1 rings (SSSR count). The normalized spacial score (nSPS) is 17.1. The van der Waals surface area contributed by atoms with Crippen molar-refractivity contribution in [3.05, 3.63) is 0 Å². The molecule has 2 N–H and O–H groups in total. The number of amides is 2. The summed E-state index contributed by atoms with van der Waals surface area (Å²) in [4.78, 5) is 24.4. The molecule has 5 nitrogen and oxygen atoms in total. The third kappa shape index (κ3) is 6.03. The topological polar surface area (TPSA) is 69.6 Å². The van der Waals surface area contributed by atoms with E-state index in [0.29, 0.717) is 12.5 Å². The second-order valence-corrected chi connectivity index (χ2v) is 7.50. The van der Waals surface area contributed by atoms with E-state index >= 15 is 0 Å². The molecule has 2 amide bonds. The van der Waals surface area contributed by atoms with Gasteiger partial charge in [0, 0.05) is 30.8 Å². The summed E-state index contributed by atoms with van der Waals surface area (Å²) in [5.41, 5.74) is 0. The van der Waals surface area contributed by atoms with E-state index in [0.717, 1.165) is 32.4 Å². The van der Waals surface area contributed by atoms with E-state index in [1.54, 1.807) is 11.8 Å². The molecule has 0 radical (unpaired) electrons. The number of aliphatic carboxylic acids is 1. The van der Waals surface area contributed by atoms with Gasteiger partial charge in [0.1, 0.15) is 0 Å². The summed E-state index contributed by atoms with van der Waals surface area (Å²) in [6.45, 7) is 6.34. The van der Waals surface area contributed by atoms with Gasteiger partial charge >= 0.3 is 12.0 Å². The Bertz CT molecular complexity index is 339. The molecule has 0 atom stereocenters. The summed E-state index contributed by atoms with van der Waals surface area (Å²) < 4.78 is 0.0511. The van der Waals surface area contributed by atoms with Crippen LogP contribution in [0, 0.1) is 5.92 Å². The first kappa shape index (κ1) is 17.1. The molecule has 6 heteroatoms. The Kier molecular flexibility index (Phi) is 6.65. The molecule has 0 saturated carbocycles. The van der Waals surface area contributed by atoms with Gasteiger partial charge in [-0.1, -0.05) is 0 Å². The minimum absolute atomic E-state index is 0.00353. The van der Waals surface area contributed by atoms with Gasteiger partial charge in [0.2, 0.25) is 0 Å². The number of rotatable bonds is 6. The summed E-state index contributed by atoms with van der Waals surface area (Å²) in [5.74, 6) is -0.290. The lowest BCUT2D eigenvalue weighted by Gasteiger charge is -2.33. The van der Waals surface area contributed by atoms with Crippen molar-refractivity contribution >= 4 is 23.8 Å². The smallest absolute Gasteiger partial charge is 0.317 e. The lowest BCUT2D eigenvalue weighted by Crippen LogP contribution is -2.47. The molecule has 0 unspecified atom stereocenters. The maximum Gasteiger partial charge on any atom is 0.317 e. The van der Waals surface area contributed by atoms with Crippen molar-refractivity contribution in [3.8, 4) is 0 Å². The fourth-order valence-corrected chi connectivity index (χ4v) is 2.44. The first-order chi connectivity index (χ1) is 9.34. The van der Waals surface area contributed by atoms with Crippen molar-refractivity contribution in [1.82, 2.24) is 10.2 Å². The molecule has 0 spiro atoms. The number of carbonyl (C=O) groups excluding carboxylic acids is 1. The highest BCUT2D eigenvalue weighted by molar-refractivity contribution is 7.99. The molecule has 1 fully saturated rings. The predicted octanol–water partition coefficient (Wildman–Crippen LogP) is 2.41. The number of urea groups is 1. The van der Waals surface area contributed by atoms with Crippen LogP contribution < -0.4 is 5.32 Å². The molecule has 1 heterocycles. The summed E-state index contributed by atoms with van der Waals surface area (Å²) in [5, 5.41) is 11.7. The molecule has 0 aromatic carbocycles. The van der Waals surface area contributed by atoms with Crippen molar-refractivity contribution in [1.29, 1.82) is 0 Å². The molecule has 20 heavy (non-hydrogen) atoms. The third-order valence-corrected chi connectivity index (χ3v) is 5.14. The van der Waals surface area contributed by atoms with Crippen LogP contribution >= 0.6 is 11.8 Å². The predicted molar refractivity (Wildman–Crippen MR) is 82.2 cm³/mol. The number of hydrogen-bond acceptors (Lipinski definition) is 3. The Hall–Kier alpha value is -0.910. The number of likely N-dealkylation sites (tertiary alicyclic amines) is 1. The van der Waals surface area contributed by atoms with Gasteiger partial charge in [-0.05, 0) is 45.3 Å². The van der Waals surface area contributed by atoms with Crippen LogP contribution in [0.15, 0.2) is 0 Å². The number of hydrogen-bond donors (Lipinski definition) is 2. The first-order valence-corrected chi connectivity index (χ1v) is 8.36. The molecular weight excluding hydrogens is 276 g/mol. The summed E-state index contributed by atoms with van der Waals surface area (Å²) in [7, 11) is 0. The highest BCUT2D eigenvalue weighted by atomic mass is 32.2. The number of nitrogens with zero attached hydrogens (tertiary/aromatic N) is 1. The molecule has 1 saturated heterocycles. The van der Waals surface area contributed by atoms with Gasteiger partial charge in [-0.3, -0.25) is 4.79 Å². The Morgan fingerprint density at radius 1 is 1.35 bits per heavy atom. The number of piperidine rings is 1. The highest BCUT2D eigenvalue weighted by Gasteiger charge is 2.24. The van der Waals surface area contributed by atoms with Crippen molar-refractivity contribution in [3.63, 3.8) is 0 Å². The van der Waals surface area contributed by atoms with Gasteiger partial charge in [-0.15, -0.1) is 0 Å². The molecule has 1 aliphatic heterocycles. The minimum atomic E-state index is -0.732. The van der Waals surface area contributed by atoms with Crippen molar-refractivity contribution in [2.75, 3.05) is 25.9 Å². The van der Waals surface area contributed by atoms with Gasteiger partial charge in [0.25, 0.3) is 0 Å². The van der Waals surface area contributed by atoms with E-state index in [1.807, 2.05) is 11.2 Å². The molecule has 0 aromatic rings. The van der Waals surface area contributed by atoms with Gasteiger partial charge in [-0.25, -0.2) is 4.79 Å². The van der Waals surface area contributed by atoms with Crippen LogP contribution in [-0.2, 0) is 4.79 Å². The van der Waals surface area contributed by atoms with Crippen molar-refractivity contribution in [2.24, 2.45) is 5.92 Å². The van der Waals surface area contributed by atoms with Crippen LogP contribution in [0.5, 0.6) is 0 Å². The molecule has 0 bridgehead atoms. The largest absolute Gasteiger partial charge is 0.481 e. The molecular formula is C14H26N2O3S. The number of thioether (sulfide) groups is 1. The van der Waals surface area contributed by atoms with Crippen LogP contribution in [0.2, 0.25) is 0 Å². The van der Waals surface area contributed by atoms with E-state index in [-0.39, 0.29) is 17.2 Å². The Morgan fingerprint density at radius 3 is 2.45 bits per heavy atom. The lowest BCUT2D eigenvalue weighted by atomic mass is 9.92. The zero-order valence-electron chi connectivity index (χ0n) is 12.6. The average Bonchev–Trinajstić information content (AvgIpc) is 2.43. The SMILES string of the molecule is CSC(C)(C)CNC(=O)N1CCC(CCC(=O)O)CC1. The maximum absolute atomic E-state index is 12.0. The van der Waals surface area contributed by atoms with Crippen LogP contribution in [0.25, 0.3) is 0 Å². The Morgan fingerprint density at radius 2 is 1.95 bits per heavy atom. The number of nitrogens with one attached hydrogen (secondary N) is 1. The standard InChI is InChI=1S/C14H26N2O3S/c1-14(2,20-3)10-15-13(19)16-8-6-11(7-9-16)4-5-12(17)18/h11H,4-10H2,1-3H3,(H,15,19)(H,17,18). The van der Waals surface area contributed by atoms with Gasteiger partial charge in [0.15, 0.2) is 0 Å². The van der Waals surface area contributed by atoms with E-state index in [4.69, 9.17) is 5.11 Å². The van der Waals surface area contributed by atoms with E-state index < -0.39 is 5.97 Å². The van der Waals surface area contributed by atoms with Crippen molar-refractivity contribution < 1.29 is 14.7 Å². The van der Waals surface area contributed by atoms with Gasteiger partial charge in [0.05, 0.1) is 0 Å². The summed E-state index contributed by atoms with van der Waals surface area (Å²) >= 11 is 1.74. The van der Waals surface area contributed by atoms with Crippen LogP contribution in [0.4, 0.5) is 4.79 Å². The summed E-state index contributed by atoms with van der Waals surface area (Å²) in [6, 6.07) is 0.00353. The minimum Gasteiger partial charge on any atom is -0.481 e. The maximum atomic E-state index is 12.0. The number of carbonyl (C=O) groups is 2. The second kappa shape index (κ2) is 7.76. The van der Waals surface area contributed by atoms with E-state index in [1.165, 1.54) is 0 Å². The fraction of sp³-hybridized carbons (Fsp3) is 0.857. The number of carboxylic acids is 1. The second-order valence-electron chi connectivity index (χ2n) is 5.99. The third-order valence-electron chi connectivity index (χ3n) is 3.89. The van der Waals surface area contributed by atoms with E-state index in [2.05, 4.69) is 19.2 Å². The molecule has 0 aliphatic carbocycles. The fourth-order valence-electron chi connectivity index (χ4n) is 2.22. The van der Waals surface area contributed by atoms with Crippen LogP contribution in [0.1, 0.15) is 39.5 Å². The van der Waals surface area contributed by atoms with Crippen molar-refractivity contribution in [2.45, 2.75) is 44.3 Å². The Labute approximate surface area is 125 Å². The van der Waals surface area contributed by atoms with Gasteiger partial charge in [-0.2, -0.15) is 11.8 Å². The number of carboxylic acid groups (broad SMARTS) is 1. The lowest BCUT2D eigenvalue weighted by molar-refractivity contribution is -0.137. The van der Waals surface area contributed by atoms with Gasteiger partial charge < -0.3 is 15.3 Å². The molecule has 0 aromatic heterocycles. The first-order valence-electron chi connectivity index (χ1n) is 7.14. The zero-order valence-corrected chi connectivity index (χ0v) is 13.5. The van der Waals surface area contributed by atoms with Crippen LogP contribution in [-0.4, -0.2) is 52.6 Å². The van der Waals surface area contributed by atoms with Crippen LogP contribution in [0.3, 0.4) is 0 Å². The zero-order chi connectivity index (χ0) is 15.2. The molecule has 116 valence electrons. The quantitative estimate of drug-likeness (QED) is 0.790. The molecule has 1 aliphatic rings. The monoisotopic (exact) mass is 302 g/mol. The Balaban J connectivity index is 2.27. The average molecular weight is 302 g/mol. The summed E-state index contributed by atoms with van der Waals surface area (Å²) in [6.07, 6.45) is 4.82. The highest BCUT2D eigenvalue weighted by Crippen LogP contribution is 2.22.